The zero-order valence-corrected chi connectivity index (χ0v) is 12.3. The van der Waals surface area contributed by atoms with Crippen molar-refractivity contribution in [3.05, 3.63) is 29.8 Å². The van der Waals surface area contributed by atoms with Gasteiger partial charge in [-0.3, -0.25) is 4.79 Å². The van der Waals surface area contributed by atoms with Crippen molar-refractivity contribution in [3.63, 3.8) is 0 Å². The van der Waals surface area contributed by atoms with Crippen molar-refractivity contribution in [1.82, 2.24) is 0 Å². The summed E-state index contributed by atoms with van der Waals surface area (Å²) in [4.78, 5) is 12.0. The average Bonchev–Trinajstić information content (AvgIpc) is 2.49. The summed E-state index contributed by atoms with van der Waals surface area (Å²) >= 11 is 0. The van der Waals surface area contributed by atoms with Gasteiger partial charge in [0.25, 0.3) is 0 Å². The fourth-order valence-electron chi connectivity index (χ4n) is 2.64. The molecule has 1 fully saturated rings. The second kappa shape index (κ2) is 7.43. The van der Waals surface area contributed by atoms with Gasteiger partial charge in [0.15, 0.2) is 0 Å². The lowest BCUT2D eigenvalue weighted by Gasteiger charge is -2.28. The minimum absolute atomic E-state index is 0.0953. The Morgan fingerprint density at radius 3 is 2.67 bits per heavy atom. The highest BCUT2D eigenvalue weighted by Gasteiger charge is 2.26. The molecule has 5 nitrogen and oxygen atoms in total. The van der Waals surface area contributed by atoms with Crippen molar-refractivity contribution < 1.29 is 19.4 Å². The topological polar surface area (TPSA) is 81.8 Å². The fourth-order valence-corrected chi connectivity index (χ4v) is 2.64. The van der Waals surface area contributed by atoms with E-state index in [1.165, 1.54) is 0 Å². The number of rotatable bonds is 5. The molecule has 0 saturated heterocycles. The predicted molar refractivity (Wildman–Crippen MR) is 78.9 cm³/mol. The normalized spacial score (nSPS) is 23.5. The highest BCUT2D eigenvalue weighted by atomic mass is 16.5. The number of phenols is 1. The van der Waals surface area contributed by atoms with Gasteiger partial charge in [-0.05, 0) is 43.4 Å². The summed E-state index contributed by atoms with van der Waals surface area (Å²) in [5.74, 6) is -0.174. The third kappa shape index (κ3) is 4.72. The third-order valence-corrected chi connectivity index (χ3v) is 3.89. The number of carbonyl (C=O) groups excluding carboxylic acids is 1. The van der Waals surface area contributed by atoms with Crippen molar-refractivity contribution >= 4 is 5.97 Å². The van der Waals surface area contributed by atoms with Gasteiger partial charge in [0.05, 0.1) is 6.10 Å². The van der Waals surface area contributed by atoms with E-state index in [1.807, 2.05) is 0 Å². The molecule has 1 saturated carbocycles. The predicted octanol–water partition coefficient (Wildman–Crippen LogP) is 1.76. The van der Waals surface area contributed by atoms with Gasteiger partial charge in [-0.25, -0.2) is 0 Å². The molecule has 1 aromatic rings. The molecule has 0 amide bonds. The second-order valence-corrected chi connectivity index (χ2v) is 5.56. The van der Waals surface area contributed by atoms with Crippen molar-refractivity contribution in [2.24, 2.45) is 5.73 Å². The number of phenolic OH excluding ortho intramolecular Hbond substituents is 1. The van der Waals surface area contributed by atoms with Crippen LogP contribution in [-0.4, -0.2) is 36.4 Å². The number of hydrogen-bond acceptors (Lipinski definition) is 5. The standard InChI is InChI=1S/C16H23NO4/c1-20-13-3-2-4-14(10-13)21-16(19)15(17)9-11-5-7-12(18)8-6-11/h5-8,13-15,18H,2-4,9-10,17H2,1H3/t13?,14?,15-/m1/s1. The zero-order valence-electron chi connectivity index (χ0n) is 12.3. The maximum atomic E-state index is 12.0. The maximum Gasteiger partial charge on any atom is 0.323 e. The Labute approximate surface area is 125 Å². The number of carbonyl (C=O) groups is 1. The summed E-state index contributed by atoms with van der Waals surface area (Å²) in [6.07, 6.45) is 4.12. The van der Waals surface area contributed by atoms with Crippen LogP contribution in [0.4, 0.5) is 0 Å². The SMILES string of the molecule is COC1CCCC(OC(=O)[C@H](N)Cc2ccc(O)cc2)C1. The van der Waals surface area contributed by atoms with Crippen LogP contribution in [0, 0.1) is 0 Å². The molecule has 1 aromatic carbocycles. The Morgan fingerprint density at radius 1 is 1.33 bits per heavy atom. The molecule has 2 rings (SSSR count). The highest BCUT2D eigenvalue weighted by Crippen LogP contribution is 2.23. The van der Waals surface area contributed by atoms with Crippen LogP contribution in [-0.2, 0) is 20.7 Å². The van der Waals surface area contributed by atoms with Crippen molar-refractivity contribution in [1.29, 1.82) is 0 Å². The molecule has 3 atom stereocenters. The lowest BCUT2D eigenvalue weighted by Crippen LogP contribution is -2.38. The van der Waals surface area contributed by atoms with Gasteiger partial charge in [0.1, 0.15) is 17.9 Å². The molecule has 0 aliphatic heterocycles. The van der Waals surface area contributed by atoms with Crippen molar-refractivity contribution in [2.75, 3.05) is 7.11 Å². The van der Waals surface area contributed by atoms with Gasteiger partial charge < -0.3 is 20.3 Å². The molecule has 0 heterocycles. The van der Waals surface area contributed by atoms with Gasteiger partial charge in [0, 0.05) is 13.5 Å². The molecule has 1 aliphatic rings. The first-order valence-electron chi connectivity index (χ1n) is 7.35. The van der Waals surface area contributed by atoms with E-state index in [-0.39, 0.29) is 23.9 Å². The van der Waals surface area contributed by atoms with Crippen LogP contribution in [0.15, 0.2) is 24.3 Å². The van der Waals surface area contributed by atoms with E-state index >= 15 is 0 Å². The maximum absolute atomic E-state index is 12.0. The van der Waals surface area contributed by atoms with Crippen LogP contribution >= 0.6 is 0 Å². The molecule has 5 heteroatoms. The van der Waals surface area contributed by atoms with Gasteiger partial charge in [-0.15, -0.1) is 0 Å². The number of esters is 1. The van der Waals surface area contributed by atoms with Gasteiger partial charge in [0.2, 0.25) is 0 Å². The molecule has 0 aromatic heterocycles. The zero-order chi connectivity index (χ0) is 15.2. The number of ether oxygens (including phenoxy) is 2. The third-order valence-electron chi connectivity index (χ3n) is 3.89. The van der Waals surface area contributed by atoms with Crippen LogP contribution in [0.3, 0.4) is 0 Å². The number of aromatic hydroxyl groups is 1. The largest absolute Gasteiger partial charge is 0.508 e. The number of nitrogens with two attached hydrogens (primary N) is 1. The van der Waals surface area contributed by atoms with Crippen LogP contribution in [0.25, 0.3) is 0 Å². The minimum Gasteiger partial charge on any atom is -0.508 e. The number of methoxy groups -OCH3 is 1. The first-order valence-corrected chi connectivity index (χ1v) is 7.35. The van der Waals surface area contributed by atoms with Crippen LogP contribution in [0.1, 0.15) is 31.2 Å². The van der Waals surface area contributed by atoms with Crippen LogP contribution < -0.4 is 5.73 Å². The van der Waals surface area contributed by atoms with Gasteiger partial charge in [-0.2, -0.15) is 0 Å². The van der Waals surface area contributed by atoms with E-state index < -0.39 is 6.04 Å². The summed E-state index contributed by atoms with van der Waals surface area (Å²) in [7, 11) is 1.69. The van der Waals surface area contributed by atoms with Gasteiger partial charge >= 0.3 is 5.97 Å². The molecular weight excluding hydrogens is 270 g/mol. The van der Waals surface area contributed by atoms with Crippen LogP contribution in [0.2, 0.25) is 0 Å². The number of benzene rings is 1. The summed E-state index contributed by atoms with van der Waals surface area (Å²) in [6.45, 7) is 0. The smallest absolute Gasteiger partial charge is 0.323 e. The molecule has 1 aliphatic carbocycles. The molecule has 0 spiro atoms. The van der Waals surface area contributed by atoms with Gasteiger partial charge in [-0.1, -0.05) is 12.1 Å². The minimum atomic E-state index is -0.683. The van der Waals surface area contributed by atoms with E-state index in [1.54, 1.807) is 31.4 Å². The Kier molecular flexibility index (Phi) is 5.59. The molecule has 21 heavy (non-hydrogen) atoms. The second-order valence-electron chi connectivity index (χ2n) is 5.56. The number of hydrogen-bond donors (Lipinski definition) is 2. The quantitative estimate of drug-likeness (QED) is 0.808. The Hall–Kier alpha value is -1.59. The lowest BCUT2D eigenvalue weighted by atomic mass is 9.95. The molecule has 116 valence electrons. The summed E-state index contributed by atoms with van der Waals surface area (Å²) < 4.78 is 10.8. The monoisotopic (exact) mass is 293 g/mol. The average molecular weight is 293 g/mol. The van der Waals surface area contributed by atoms with E-state index in [4.69, 9.17) is 15.2 Å². The van der Waals surface area contributed by atoms with Crippen molar-refractivity contribution in [2.45, 2.75) is 50.4 Å². The molecule has 0 bridgehead atoms. The molecular formula is C16H23NO4. The van der Waals surface area contributed by atoms with E-state index in [9.17, 15) is 9.90 Å². The lowest BCUT2D eigenvalue weighted by molar-refractivity contribution is -0.154. The Balaban J connectivity index is 1.83. The van der Waals surface area contributed by atoms with E-state index in [0.717, 1.165) is 31.2 Å². The Morgan fingerprint density at radius 2 is 2.00 bits per heavy atom. The Bertz CT molecular complexity index is 460. The molecule has 3 N–H and O–H groups in total. The summed E-state index contributed by atoms with van der Waals surface area (Å²) in [6, 6.07) is 5.99. The van der Waals surface area contributed by atoms with E-state index in [0.29, 0.717) is 6.42 Å². The fraction of sp³-hybridized carbons (Fsp3) is 0.562. The van der Waals surface area contributed by atoms with E-state index in [2.05, 4.69) is 0 Å². The summed E-state index contributed by atoms with van der Waals surface area (Å²) in [5.41, 5.74) is 6.80. The first-order chi connectivity index (χ1) is 10.1. The highest BCUT2D eigenvalue weighted by molar-refractivity contribution is 5.76. The molecule has 2 unspecified atom stereocenters. The first kappa shape index (κ1) is 15.8. The molecule has 0 radical (unpaired) electrons. The van der Waals surface area contributed by atoms with Crippen LogP contribution in [0.5, 0.6) is 5.75 Å². The summed E-state index contributed by atoms with van der Waals surface area (Å²) in [5, 5.41) is 9.23. The van der Waals surface area contributed by atoms with Crippen molar-refractivity contribution in [3.8, 4) is 5.75 Å².